The number of benzene rings is 1. The molecule has 0 unspecified atom stereocenters. The molecule has 23 heavy (non-hydrogen) atoms. The van der Waals surface area contributed by atoms with Crippen molar-refractivity contribution in [3.8, 4) is 0 Å². The first-order valence-corrected chi connectivity index (χ1v) is 9.05. The van der Waals surface area contributed by atoms with Gasteiger partial charge in [-0.3, -0.25) is 4.90 Å². The first-order chi connectivity index (χ1) is 11.2. The Labute approximate surface area is 143 Å². The predicted octanol–water partition coefficient (Wildman–Crippen LogP) is 3.60. The minimum Gasteiger partial charge on any atom is -0.381 e. The highest BCUT2D eigenvalue weighted by molar-refractivity contribution is 6.30. The fraction of sp³-hybridized carbons (Fsp3) is 0.667. The average molecular weight is 341 g/mol. The van der Waals surface area contributed by atoms with Crippen LogP contribution in [0.2, 0.25) is 5.02 Å². The maximum absolute atomic E-state index is 13.5. The van der Waals surface area contributed by atoms with Crippen LogP contribution in [-0.4, -0.2) is 43.3 Å². The van der Waals surface area contributed by atoms with Crippen molar-refractivity contribution in [2.24, 2.45) is 0 Å². The number of rotatable bonds is 5. The van der Waals surface area contributed by atoms with Gasteiger partial charge in [-0.1, -0.05) is 24.1 Å². The highest BCUT2D eigenvalue weighted by atomic mass is 35.5. The van der Waals surface area contributed by atoms with E-state index in [1.165, 1.54) is 38.4 Å². The minimum atomic E-state index is -0.345. The van der Waals surface area contributed by atoms with Gasteiger partial charge in [-0.15, -0.1) is 0 Å². The molecule has 3 rings (SSSR count). The number of halogens is 2. The zero-order valence-electron chi connectivity index (χ0n) is 13.6. The third-order valence-corrected chi connectivity index (χ3v) is 5.52. The molecular formula is C18H26ClFN2O. The van der Waals surface area contributed by atoms with Gasteiger partial charge in [0.2, 0.25) is 0 Å². The van der Waals surface area contributed by atoms with Crippen molar-refractivity contribution in [2.75, 3.05) is 32.8 Å². The number of hydrogen-bond donors (Lipinski definition) is 1. The molecule has 0 amide bonds. The number of ether oxygens (including phenoxy) is 1. The van der Waals surface area contributed by atoms with Gasteiger partial charge < -0.3 is 10.1 Å². The molecule has 1 aromatic rings. The fourth-order valence-electron chi connectivity index (χ4n) is 3.81. The third kappa shape index (κ3) is 4.24. The van der Waals surface area contributed by atoms with Crippen LogP contribution >= 0.6 is 11.6 Å². The molecule has 5 heteroatoms. The normalized spacial score (nSPS) is 22.2. The van der Waals surface area contributed by atoms with Crippen molar-refractivity contribution in [3.63, 3.8) is 0 Å². The Balaban J connectivity index is 1.60. The lowest BCUT2D eigenvalue weighted by molar-refractivity contribution is -0.0358. The number of nitrogens with zero attached hydrogens (tertiary/aromatic N) is 1. The maximum Gasteiger partial charge on any atom is 0.142 e. The molecular weight excluding hydrogens is 315 g/mol. The van der Waals surface area contributed by atoms with Gasteiger partial charge in [0.05, 0.1) is 5.02 Å². The summed E-state index contributed by atoms with van der Waals surface area (Å²) in [6.45, 7) is 5.67. The second-order valence-corrected chi connectivity index (χ2v) is 7.14. The highest BCUT2D eigenvalue weighted by Crippen LogP contribution is 2.30. The van der Waals surface area contributed by atoms with Crippen molar-refractivity contribution >= 4 is 11.6 Å². The van der Waals surface area contributed by atoms with Crippen molar-refractivity contribution in [2.45, 2.75) is 44.2 Å². The number of piperidine rings is 1. The zero-order valence-corrected chi connectivity index (χ0v) is 14.4. The van der Waals surface area contributed by atoms with Gasteiger partial charge in [0.25, 0.3) is 0 Å². The SMILES string of the molecule is Fc1cc(CNCC2(N3CCCCC3)CCOCC2)ccc1Cl. The van der Waals surface area contributed by atoms with E-state index in [-0.39, 0.29) is 16.4 Å². The number of likely N-dealkylation sites (tertiary alicyclic amines) is 1. The summed E-state index contributed by atoms with van der Waals surface area (Å²) >= 11 is 5.74. The Bertz CT molecular complexity index is 514. The second-order valence-electron chi connectivity index (χ2n) is 6.74. The monoisotopic (exact) mass is 340 g/mol. The maximum atomic E-state index is 13.5. The Morgan fingerprint density at radius 2 is 1.91 bits per heavy atom. The smallest absolute Gasteiger partial charge is 0.142 e. The van der Waals surface area contributed by atoms with Crippen LogP contribution in [0.5, 0.6) is 0 Å². The first-order valence-electron chi connectivity index (χ1n) is 8.67. The lowest BCUT2D eigenvalue weighted by Crippen LogP contribution is -2.59. The van der Waals surface area contributed by atoms with Crippen LogP contribution in [0.15, 0.2) is 18.2 Å². The summed E-state index contributed by atoms with van der Waals surface area (Å²) in [5.41, 5.74) is 1.14. The largest absolute Gasteiger partial charge is 0.381 e. The fourth-order valence-corrected chi connectivity index (χ4v) is 3.93. The minimum absolute atomic E-state index is 0.183. The third-order valence-electron chi connectivity index (χ3n) is 5.22. The molecule has 128 valence electrons. The summed E-state index contributed by atoms with van der Waals surface area (Å²) in [4.78, 5) is 2.66. The van der Waals surface area contributed by atoms with Crippen LogP contribution in [0.3, 0.4) is 0 Å². The van der Waals surface area contributed by atoms with Gasteiger partial charge >= 0.3 is 0 Å². The lowest BCUT2D eigenvalue weighted by atomic mass is 9.86. The summed E-state index contributed by atoms with van der Waals surface area (Å²) < 4.78 is 19.1. The quantitative estimate of drug-likeness (QED) is 0.886. The number of nitrogens with one attached hydrogen (secondary N) is 1. The molecule has 2 saturated heterocycles. The van der Waals surface area contributed by atoms with E-state index < -0.39 is 0 Å². The molecule has 1 N–H and O–H groups in total. The molecule has 3 nitrogen and oxygen atoms in total. The average Bonchev–Trinajstić information content (AvgIpc) is 2.60. The molecule has 0 aliphatic carbocycles. The molecule has 2 aliphatic heterocycles. The summed E-state index contributed by atoms with van der Waals surface area (Å²) in [7, 11) is 0. The molecule has 2 heterocycles. The van der Waals surface area contributed by atoms with Crippen molar-refractivity contribution in [3.05, 3.63) is 34.6 Å². The van der Waals surface area contributed by atoms with Crippen molar-refractivity contribution in [1.29, 1.82) is 0 Å². The van der Waals surface area contributed by atoms with Crippen LogP contribution in [0.25, 0.3) is 0 Å². The Morgan fingerprint density at radius 1 is 1.17 bits per heavy atom. The van der Waals surface area contributed by atoms with Gasteiger partial charge in [-0.2, -0.15) is 0 Å². The van der Waals surface area contributed by atoms with E-state index in [4.69, 9.17) is 16.3 Å². The van der Waals surface area contributed by atoms with E-state index in [1.807, 2.05) is 6.07 Å². The number of hydrogen-bond acceptors (Lipinski definition) is 3. The van der Waals surface area contributed by atoms with Crippen LogP contribution in [-0.2, 0) is 11.3 Å². The molecule has 0 bridgehead atoms. The Morgan fingerprint density at radius 3 is 2.61 bits per heavy atom. The topological polar surface area (TPSA) is 24.5 Å². The van der Waals surface area contributed by atoms with Gasteiger partial charge in [0, 0.05) is 31.8 Å². The molecule has 2 fully saturated rings. The molecule has 2 aliphatic rings. The van der Waals surface area contributed by atoms with Crippen LogP contribution in [0.1, 0.15) is 37.7 Å². The lowest BCUT2D eigenvalue weighted by Gasteiger charge is -2.48. The van der Waals surface area contributed by atoms with Crippen LogP contribution in [0.4, 0.5) is 4.39 Å². The van der Waals surface area contributed by atoms with E-state index in [0.717, 1.165) is 38.2 Å². The van der Waals surface area contributed by atoms with Gasteiger partial charge in [0.15, 0.2) is 0 Å². The van der Waals surface area contributed by atoms with Gasteiger partial charge in [-0.25, -0.2) is 4.39 Å². The summed E-state index contributed by atoms with van der Waals surface area (Å²) in [6, 6.07) is 5.03. The van der Waals surface area contributed by atoms with E-state index in [1.54, 1.807) is 6.07 Å². The predicted molar refractivity (Wildman–Crippen MR) is 91.3 cm³/mol. The van der Waals surface area contributed by atoms with Crippen LogP contribution in [0, 0.1) is 5.82 Å². The second kappa shape index (κ2) is 7.93. The molecule has 0 aromatic heterocycles. The zero-order chi connectivity index (χ0) is 16.1. The van der Waals surface area contributed by atoms with Crippen molar-refractivity contribution in [1.82, 2.24) is 10.2 Å². The highest BCUT2D eigenvalue weighted by Gasteiger charge is 2.38. The molecule has 0 atom stereocenters. The van der Waals surface area contributed by atoms with E-state index in [9.17, 15) is 4.39 Å². The summed E-state index contributed by atoms with van der Waals surface area (Å²) in [5.74, 6) is -0.345. The standard InChI is InChI=1S/C18H26ClFN2O/c19-16-5-4-15(12-17(16)20)13-21-14-18(6-10-23-11-7-18)22-8-2-1-3-9-22/h4-5,12,21H,1-3,6-11,13-14H2. The van der Waals surface area contributed by atoms with Crippen LogP contribution < -0.4 is 5.32 Å². The van der Waals surface area contributed by atoms with Gasteiger partial charge in [0.1, 0.15) is 5.82 Å². The molecule has 0 radical (unpaired) electrons. The Hall–Kier alpha value is -0.680. The Kier molecular flexibility index (Phi) is 5.91. The van der Waals surface area contributed by atoms with E-state index >= 15 is 0 Å². The van der Waals surface area contributed by atoms with Gasteiger partial charge in [-0.05, 0) is 56.5 Å². The van der Waals surface area contributed by atoms with E-state index in [2.05, 4.69) is 10.2 Å². The molecule has 0 spiro atoms. The molecule has 1 aromatic carbocycles. The van der Waals surface area contributed by atoms with Crippen molar-refractivity contribution < 1.29 is 9.13 Å². The molecule has 0 saturated carbocycles. The summed E-state index contributed by atoms with van der Waals surface area (Å²) in [5, 5.41) is 3.73. The summed E-state index contributed by atoms with van der Waals surface area (Å²) in [6.07, 6.45) is 6.10. The first kappa shape index (κ1) is 17.2. The van der Waals surface area contributed by atoms with E-state index in [0.29, 0.717) is 6.54 Å².